The van der Waals surface area contributed by atoms with E-state index < -0.39 is 29.2 Å². The van der Waals surface area contributed by atoms with Crippen molar-refractivity contribution in [3.63, 3.8) is 0 Å². The van der Waals surface area contributed by atoms with Gasteiger partial charge in [0.15, 0.2) is 11.5 Å². The van der Waals surface area contributed by atoms with Crippen LogP contribution in [0, 0.1) is 5.82 Å². The van der Waals surface area contributed by atoms with Gasteiger partial charge in [-0.3, -0.25) is 9.59 Å². The number of amides is 2. The van der Waals surface area contributed by atoms with Crippen molar-refractivity contribution in [3.8, 4) is 11.5 Å². The molecule has 1 aliphatic rings. The maximum absolute atomic E-state index is 14.0. The number of benzene rings is 3. The minimum absolute atomic E-state index is 0.0482. The van der Waals surface area contributed by atoms with Gasteiger partial charge in [0.1, 0.15) is 25.1 Å². The van der Waals surface area contributed by atoms with Gasteiger partial charge in [-0.05, 0) is 68.3 Å². The minimum atomic E-state index is -1.05. The van der Waals surface area contributed by atoms with E-state index in [-0.39, 0.29) is 6.54 Å². The summed E-state index contributed by atoms with van der Waals surface area (Å²) in [6, 6.07) is 16.6. The molecule has 0 saturated carbocycles. The zero-order chi connectivity index (χ0) is 25.9. The van der Waals surface area contributed by atoms with Crippen LogP contribution in [0.5, 0.6) is 11.5 Å². The van der Waals surface area contributed by atoms with Crippen LogP contribution in [-0.2, 0) is 11.3 Å². The zero-order valence-corrected chi connectivity index (χ0v) is 21.1. The van der Waals surface area contributed by atoms with Gasteiger partial charge in [0, 0.05) is 22.7 Å². The quantitative estimate of drug-likeness (QED) is 0.472. The SMILES string of the molecule is CC(C)(C)NC(=O)[C@H](c1ccc(F)cc1)N(Cc1ccccc1Cl)C(=O)c1ccc2c(c1)OCCO2. The molecule has 0 spiro atoms. The summed E-state index contributed by atoms with van der Waals surface area (Å²) >= 11 is 6.45. The van der Waals surface area contributed by atoms with E-state index in [1.807, 2.05) is 26.8 Å². The number of rotatable bonds is 6. The Morgan fingerprint density at radius 1 is 1.00 bits per heavy atom. The molecule has 0 radical (unpaired) electrons. The van der Waals surface area contributed by atoms with Crippen molar-refractivity contribution in [2.75, 3.05) is 13.2 Å². The molecule has 4 rings (SSSR count). The molecule has 6 nitrogen and oxygen atoms in total. The summed E-state index contributed by atoms with van der Waals surface area (Å²) in [5.74, 6) is -0.236. The topological polar surface area (TPSA) is 67.9 Å². The van der Waals surface area contributed by atoms with Crippen LogP contribution in [-0.4, -0.2) is 35.5 Å². The summed E-state index contributed by atoms with van der Waals surface area (Å²) < 4.78 is 25.0. The molecule has 3 aromatic rings. The Hall–Kier alpha value is -3.58. The first-order chi connectivity index (χ1) is 17.1. The van der Waals surface area contributed by atoms with E-state index in [0.717, 1.165) is 0 Å². The molecule has 0 aliphatic carbocycles. The van der Waals surface area contributed by atoms with Crippen LogP contribution >= 0.6 is 11.6 Å². The first-order valence-corrected chi connectivity index (χ1v) is 12.0. The molecule has 1 atom stereocenters. The second-order valence-corrected chi connectivity index (χ2v) is 9.98. The number of halogens is 2. The lowest BCUT2D eigenvalue weighted by Gasteiger charge is -2.34. The van der Waals surface area contributed by atoms with Crippen molar-refractivity contribution in [3.05, 3.63) is 94.3 Å². The smallest absolute Gasteiger partial charge is 0.255 e. The monoisotopic (exact) mass is 510 g/mol. The van der Waals surface area contributed by atoms with Gasteiger partial charge in [-0.25, -0.2) is 4.39 Å². The molecule has 1 heterocycles. The number of carbonyl (C=O) groups is 2. The van der Waals surface area contributed by atoms with Gasteiger partial charge < -0.3 is 19.7 Å². The van der Waals surface area contributed by atoms with Gasteiger partial charge in [0.25, 0.3) is 5.91 Å². The lowest BCUT2D eigenvalue weighted by atomic mass is 9.99. The van der Waals surface area contributed by atoms with Crippen LogP contribution < -0.4 is 14.8 Å². The maximum Gasteiger partial charge on any atom is 0.255 e. The van der Waals surface area contributed by atoms with Crippen molar-refractivity contribution in [2.45, 2.75) is 38.9 Å². The highest BCUT2D eigenvalue weighted by Gasteiger charge is 2.34. The van der Waals surface area contributed by atoms with E-state index in [1.54, 1.807) is 36.4 Å². The molecule has 1 N–H and O–H groups in total. The molecule has 0 fully saturated rings. The second kappa shape index (κ2) is 10.6. The summed E-state index contributed by atoms with van der Waals surface area (Å²) in [5.41, 5.74) is 0.893. The molecule has 0 unspecified atom stereocenters. The highest BCUT2D eigenvalue weighted by Crippen LogP contribution is 2.33. The summed E-state index contributed by atoms with van der Waals surface area (Å²) in [7, 11) is 0. The van der Waals surface area contributed by atoms with Gasteiger partial charge in [0.05, 0.1) is 0 Å². The molecule has 2 amide bonds. The van der Waals surface area contributed by atoms with Crippen molar-refractivity contribution in [1.82, 2.24) is 10.2 Å². The first kappa shape index (κ1) is 25.5. The predicted octanol–water partition coefficient (Wildman–Crippen LogP) is 5.55. The third-order valence-electron chi connectivity index (χ3n) is 5.59. The largest absolute Gasteiger partial charge is 0.486 e. The highest BCUT2D eigenvalue weighted by molar-refractivity contribution is 6.31. The number of hydrogen-bond acceptors (Lipinski definition) is 4. The first-order valence-electron chi connectivity index (χ1n) is 11.6. The third-order valence-corrected chi connectivity index (χ3v) is 5.96. The average Bonchev–Trinajstić information content (AvgIpc) is 2.84. The number of fused-ring (bicyclic) bond motifs is 1. The lowest BCUT2D eigenvalue weighted by Crippen LogP contribution is -2.49. The van der Waals surface area contributed by atoms with Gasteiger partial charge >= 0.3 is 0 Å². The van der Waals surface area contributed by atoms with Gasteiger partial charge in [0.2, 0.25) is 5.91 Å². The van der Waals surface area contributed by atoms with Crippen molar-refractivity contribution in [1.29, 1.82) is 0 Å². The number of hydrogen-bond donors (Lipinski definition) is 1. The van der Waals surface area contributed by atoms with E-state index in [4.69, 9.17) is 21.1 Å². The molecule has 0 bridgehead atoms. The van der Waals surface area contributed by atoms with E-state index in [0.29, 0.717) is 46.4 Å². The molecule has 3 aromatic carbocycles. The number of carbonyl (C=O) groups excluding carboxylic acids is 2. The van der Waals surface area contributed by atoms with E-state index >= 15 is 0 Å². The Bertz CT molecular complexity index is 1260. The summed E-state index contributed by atoms with van der Waals surface area (Å²) in [4.78, 5) is 29.1. The summed E-state index contributed by atoms with van der Waals surface area (Å²) in [5, 5.41) is 3.43. The fourth-order valence-electron chi connectivity index (χ4n) is 3.99. The van der Waals surface area contributed by atoms with Crippen LogP contribution in [0.25, 0.3) is 0 Å². The van der Waals surface area contributed by atoms with Gasteiger partial charge in [-0.15, -0.1) is 0 Å². The number of nitrogens with one attached hydrogen (secondary N) is 1. The van der Waals surface area contributed by atoms with Crippen LogP contribution in [0.1, 0.15) is 48.3 Å². The fraction of sp³-hybridized carbons (Fsp3) is 0.286. The van der Waals surface area contributed by atoms with E-state index in [1.165, 1.54) is 29.2 Å². The predicted molar refractivity (Wildman–Crippen MR) is 136 cm³/mol. The van der Waals surface area contributed by atoms with Crippen LogP contribution in [0.2, 0.25) is 5.02 Å². The Morgan fingerprint density at radius 2 is 1.67 bits per heavy atom. The Kier molecular flexibility index (Phi) is 7.50. The second-order valence-electron chi connectivity index (χ2n) is 9.58. The van der Waals surface area contributed by atoms with Crippen molar-refractivity contribution >= 4 is 23.4 Å². The lowest BCUT2D eigenvalue weighted by molar-refractivity contribution is -0.127. The molecular formula is C28H28ClFN2O4. The molecule has 1 aliphatic heterocycles. The van der Waals surface area contributed by atoms with Crippen LogP contribution in [0.3, 0.4) is 0 Å². The zero-order valence-electron chi connectivity index (χ0n) is 20.4. The Balaban J connectivity index is 1.81. The molecule has 0 saturated heterocycles. The normalized spacial score (nSPS) is 13.6. The fourth-order valence-corrected chi connectivity index (χ4v) is 4.18. The Labute approximate surface area is 215 Å². The average molecular weight is 511 g/mol. The summed E-state index contributed by atoms with van der Waals surface area (Å²) in [6.45, 7) is 6.42. The highest BCUT2D eigenvalue weighted by atomic mass is 35.5. The molecule has 0 aromatic heterocycles. The van der Waals surface area contributed by atoms with E-state index in [9.17, 15) is 14.0 Å². The maximum atomic E-state index is 14.0. The van der Waals surface area contributed by atoms with Crippen LogP contribution in [0.4, 0.5) is 4.39 Å². The van der Waals surface area contributed by atoms with Gasteiger partial charge in [-0.2, -0.15) is 0 Å². The van der Waals surface area contributed by atoms with Gasteiger partial charge in [-0.1, -0.05) is 41.9 Å². The molecule has 188 valence electrons. The minimum Gasteiger partial charge on any atom is -0.486 e. The summed E-state index contributed by atoms with van der Waals surface area (Å²) in [6.07, 6.45) is 0. The standard InChI is InChI=1S/C28H28ClFN2O4/c1-28(2,3)31-26(33)25(18-8-11-21(30)12-9-18)32(17-20-6-4-5-7-22(20)29)27(34)19-10-13-23-24(16-19)36-15-14-35-23/h4-13,16,25H,14-15,17H2,1-3H3,(H,31,33)/t25-/m0/s1. The number of nitrogens with zero attached hydrogens (tertiary/aromatic N) is 1. The van der Waals surface area contributed by atoms with Crippen LogP contribution in [0.15, 0.2) is 66.7 Å². The molecular weight excluding hydrogens is 483 g/mol. The third kappa shape index (κ3) is 5.97. The van der Waals surface area contributed by atoms with E-state index in [2.05, 4.69) is 5.32 Å². The Morgan fingerprint density at radius 3 is 2.33 bits per heavy atom. The number of ether oxygens (including phenoxy) is 2. The molecule has 8 heteroatoms. The van der Waals surface area contributed by atoms with Crippen molar-refractivity contribution in [2.24, 2.45) is 0 Å². The molecule has 36 heavy (non-hydrogen) atoms. The van der Waals surface area contributed by atoms with Crippen molar-refractivity contribution < 1.29 is 23.5 Å².